The first-order valence-electron chi connectivity index (χ1n) is 7.10. The lowest BCUT2D eigenvalue weighted by Gasteiger charge is -2.36. The van der Waals surface area contributed by atoms with Crippen LogP contribution in [0.2, 0.25) is 0 Å². The van der Waals surface area contributed by atoms with Crippen LogP contribution in [0.5, 0.6) is 0 Å². The van der Waals surface area contributed by atoms with Crippen LogP contribution < -0.4 is 5.32 Å². The molecule has 0 atom stereocenters. The third-order valence-corrected chi connectivity index (χ3v) is 4.01. The maximum absolute atomic E-state index is 12.2. The molecule has 0 spiro atoms. The van der Waals surface area contributed by atoms with Crippen LogP contribution in [0.3, 0.4) is 0 Å². The number of aliphatic hydroxyl groups excluding tert-OH is 1. The Labute approximate surface area is 120 Å². The topological polar surface area (TPSA) is 58.6 Å². The molecule has 1 heterocycles. The molecule has 1 aromatic rings. The highest BCUT2D eigenvalue weighted by Gasteiger charge is 2.33. The van der Waals surface area contributed by atoms with Crippen LogP contribution >= 0.6 is 0 Å². The van der Waals surface area contributed by atoms with Gasteiger partial charge in [-0.05, 0) is 37.8 Å². The second kappa shape index (κ2) is 6.37. The van der Waals surface area contributed by atoms with Crippen molar-refractivity contribution >= 4 is 5.91 Å². The van der Waals surface area contributed by atoms with Crippen molar-refractivity contribution in [2.24, 2.45) is 0 Å². The summed E-state index contributed by atoms with van der Waals surface area (Å²) in [6, 6.07) is 6.13. The summed E-state index contributed by atoms with van der Waals surface area (Å²) < 4.78 is 5.30. The van der Waals surface area contributed by atoms with Gasteiger partial charge >= 0.3 is 0 Å². The lowest BCUT2D eigenvalue weighted by molar-refractivity contribution is -0.124. The van der Waals surface area contributed by atoms with Crippen molar-refractivity contribution in [2.75, 3.05) is 19.8 Å². The Kier molecular flexibility index (Phi) is 4.78. The summed E-state index contributed by atoms with van der Waals surface area (Å²) in [6.07, 6.45) is 1.69. The van der Waals surface area contributed by atoms with Crippen molar-refractivity contribution in [1.29, 1.82) is 0 Å². The maximum atomic E-state index is 12.2. The number of benzene rings is 1. The molecule has 2 N–H and O–H groups in total. The molecule has 1 aliphatic rings. The predicted molar refractivity (Wildman–Crippen MR) is 77.6 cm³/mol. The zero-order valence-electron chi connectivity index (χ0n) is 12.2. The molecule has 4 heteroatoms. The quantitative estimate of drug-likeness (QED) is 0.877. The average Bonchev–Trinajstić information content (AvgIpc) is 2.44. The molecule has 1 saturated heterocycles. The summed E-state index contributed by atoms with van der Waals surface area (Å²) in [5, 5.41) is 12.6. The second-order valence-electron chi connectivity index (χ2n) is 5.71. The van der Waals surface area contributed by atoms with Gasteiger partial charge in [-0.1, -0.05) is 23.8 Å². The largest absolute Gasteiger partial charge is 0.394 e. The van der Waals surface area contributed by atoms with E-state index in [0.29, 0.717) is 32.5 Å². The van der Waals surface area contributed by atoms with E-state index in [4.69, 9.17) is 4.74 Å². The smallest absolute Gasteiger partial charge is 0.224 e. The molecule has 0 aliphatic carbocycles. The number of carbonyl (C=O) groups excluding carboxylic acids is 1. The van der Waals surface area contributed by atoms with Crippen LogP contribution in [0.4, 0.5) is 0 Å². The molecule has 0 unspecified atom stereocenters. The Bertz CT molecular complexity index is 479. The summed E-state index contributed by atoms with van der Waals surface area (Å²) in [5.74, 6) is -0.0327. The Balaban J connectivity index is 2.02. The fourth-order valence-electron chi connectivity index (χ4n) is 2.59. The summed E-state index contributed by atoms with van der Waals surface area (Å²) in [5.41, 5.74) is 2.81. The van der Waals surface area contributed by atoms with E-state index >= 15 is 0 Å². The van der Waals surface area contributed by atoms with Crippen LogP contribution in [-0.4, -0.2) is 36.4 Å². The average molecular weight is 277 g/mol. The number of rotatable bonds is 4. The van der Waals surface area contributed by atoms with E-state index in [1.165, 1.54) is 0 Å². The van der Waals surface area contributed by atoms with Gasteiger partial charge in [0.05, 0.1) is 18.6 Å². The number of hydrogen-bond acceptors (Lipinski definition) is 3. The van der Waals surface area contributed by atoms with Crippen molar-refractivity contribution in [1.82, 2.24) is 5.32 Å². The van der Waals surface area contributed by atoms with Crippen LogP contribution in [0, 0.1) is 13.8 Å². The van der Waals surface area contributed by atoms with Crippen molar-refractivity contribution in [3.63, 3.8) is 0 Å². The number of ether oxygens (including phenoxy) is 1. The second-order valence-corrected chi connectivity index (χ2v) is 5.71. The number of hydrogen-bond donors (Lipinski definition) is 2. The standard InChI is InChI=1S/C16H23NO3/c1-12-3-4-13(2)14(9-12)10-15(19)17-16(11-18)5-7-20-8-6-16/h3-4,9,18H,5-8,10-11H2,1-2H3,(H,17,19). The summed E-state index contributed by atoms with van der Waals surface area (Å²) in [4.78, 5) is 12.2. The third kappa shape index (κ3) is 3.58. The van der Waals surface area contributed by atoms with E-state index < -0.39 is 5.54 Å². The maximum Gasteiger partial charge on any atom is 0.224 e. The number of amides is 1. The minimum Gasteiger partial charge on any atom is -0.394 e. The van der Waals surface area contributed by atoms with Gasteiger partial charge in [-0.2, -0.15) is 0 Å². The van der Waals surface area contributed by atoms with Crippen LogP contribution in [0.25, 0.3) is 0 Å². The van der Waals surface area contributed by atoms with Crippen LogP contribution in [0.15, 0.2) is 18.2 Å². The first-order chi connectivity index (χ1) is 9.54. The van der Waals surface area contributed by atoms with Gasteiger partial charge in [0.1, 0.15) is 0 Å². The fourth-order valence-corrected chi connectivity index (χ4v) is 2.59. The normalized spacial score (nSPS) is 17.8. The zero-order chi connectivity index (χ0) is 14.6. The predicted octanol–water partition coefficient (Wildman–Crippen LogP) is 1.50. The molecule has 2 rings (SSSR count). The van der Waals surface area contributed by atoms with Gasteiger partial charge in [0, 0.05) is 13.2 Å². The van der Waals surface area contributed by atoms with Crippen LogP contribution in [0.1, 0.15) is 29.5 Å². The highest BCUT2D eigenvalue weighted by Crippen LogP contribution is 2.20. The number of aryl methyl sites for hydroxylation is 2. The summed E-state index contributed by atoms with van der Waals surface area (Å²) >= 11 is 0. The van der Waals surface area contributed by atoms with Crippen molar-refractivity contribution in [3.8, 4) is 0 Å². The molecule has 1 aliphatic heterocycles. The molecule has 0 radical (unpaired) electrons. The van der Waals surface area contributed by atoms with Crippen molar-refractivity contribution < 1.29 is 14.6 Å². The third-order valence-electron chi connectivity index (χ3n) is 4.01. The van der Waals surface area contributed by atoms with E-state index in [1.54, 1.807) is 0 Å². The van der Waals surface area contributed by atoms with Crippen molar-refractivity contribution in [3.05, 3.63) is 34.9 Å². The molecule has 1 amide bonds. The van der Waals surface area contributed by atoms with E-state index in [9.17, 15) is 9.90 Å². The highest BCUT2D eigenvalue weighted by atomic mass is 16.5. The number of aliphatic hydroxyl groups is 1. The summed E-state index contributed by atoms with van der Waals surface area (Å²) in [7, 11) is 0. The first kappa shape index (κ1) is 15.0. The molecule has 0 bridgehead atoms. The van der Waals surface area contributed by atoms with Gasteiger partial charge in [-0.15, -0.1) is 0 Å². The lowest BCUT2D eigenvalue weighted by atomic mass is 9.90. The molecule has 1 fully saturated rings. The zero-order valence-corrected chi connectivity index (χ0v) is 12.2. The SMILES string of the molecule is Cc1ccc(C)c(CC(=O)NC2(CO)CCOCC2)c1. The number of nitrogens with one attached hydrogen (secondary N) is 1. The van der Waals surface area contributed by atoms with E-state index in [1.807, 2.05) is 32.0 Å². The Morgan fingerprint density at radius 3 is 2.70 bits per heavy atom. The lowest BCUT2D eigenvalue weighted by Crippen LogP contribution is -2.55. The summed E-state index contributed by atoms with van der Waals surface area (Å²) in [6.45, 7) is 5.18. The fraction of sp³-hybridized carbons (Fsp3) is 0.562. The molecule has 1 aromatic carbocycles. The van der Waals surface area contributed by atoms with Gasteiger partial charge in [0.25, 0.3) is 0 Å². The van der Waals surface area contributed by atoms with Crippen LogP contribution in [-0.2, 0) is 16.0 Å². The van der Waals surface area contributed by atoms with Crippen molar-refractivity contribution in [2.45, 2.75) is 38.6 Å². The van der Waals surface area contributed by atoms with E-state index in [2.05, 4.69) is 5.32 Å². The molecule has 4 nitrogen and oxygen atoms in total. The van der Waals surface area contributed by atoms with E-state index in [-0.39, 0.29) is 12.5 Å². The Hall–Kier alpha value is -1.39. The van der Waals surface area contributed by atoms with Gasteiger partial charge in [-0.25, -0.2) is 0 Å². The Morgan fingerprint density at radius 1 is 1.35 bits per heavy atom. The Morgan fingerprint density at radius 2 is 2.05 bits per heavy atom. The van der Waals surface area contributed by atoms with Gasteiger partial charge in [-0.3, -0.25) is 4.79 Å². The minimum absolute atomic E-state index is 0.0327. The first-order valence-corrected chi connectivity index (χ1v) is 7.10. The highest BCUT2D eigenvalue weighted by molar-refractivity contribution is 5.79. The molecule has 20 heavy (non-hydrogen) atoms. The molecule has 0 aromatic heterocycles. The monoisotopic (exact) mass is 277 g/mol. The molecule has 0 saturated carbocycles. The van der Waals surface area contributed by atoms with Gasteiger partial charge < -0.3 is 15.2 Å². The van der Waals surface area contributed by atoms with Gasteiger partial charge in [0.15, 0.2) is 0 Å². The van der Waals surface area contributed by atoms with E-state index in [0.717, 1.165) is 16.7 Å². The number of carbonyl (C=O) groups is 1. The minimum atomic E-state index is -0.507. The van der Waals surface area contributed by atoms with Gasteiger partial charge in [0.2, 0.25) is 5.91 Å². The molecular weight excluding hydrogens is 254 g/mol. The molecular formula is C16H23NO3. The molecule has 110 valence electrons.